The van der Waals surface area contributed by atoms with Crippen LogP contribution >= 0.6 is 12.6 Å². The second-order valence-electron chi connectivity index (χ2n) is 3.47. The fraction of sp³-hybridized carbons (Fsp3) is 0.455. The van der Waals surface area contributed by atoms with Gasteiger partial charge < -0.3 is 14.8 Å². The van der Waals surface area contributed by atoms with Gasteiger partial charge in [-0.15, -0.1) is 0 Å². The van der Waals surface area contributed by atoms with Crippen LogP contribution in [0.3, 0.4) is 0 Å². The Hall–Kier alpha value is -0.870. The van der Waals surface area contributed by atoms with Crippen molar-refractivity contribution < 1.29 is 9.47 Å². The number of benzene rings is 1. The second-order valence-corrected chi connectivity index (χ2v) is 3.91. The minimum absolute atomic E-state index is 0.329. The summed E-state index contributed by atoms with van der Waals surface area (Å²) in [4.78, 5) is 0. The van der Waals surface area contributed by atoms with Crippen LogP contribution in [0.2, 0.25) is 0 Å². The van der Waals surface area contributed by atoms with E-state index in [1.165, 1.54) is 5.56 Å². The van der Waals surface area contributed by atoms with E-state index in [9.17, 15) is 0 Å². The quantitative estimate of drug-likeness (QED) is 0.768. The van der Waals surface area contributed by atoms with Crippen molar-refractivity contribution in [3.8, 4) is 11.5 Å². The summed E-state index contributed by atoms with van der Waals surface area (Å²) in [5.74, 6) is 2.53. The monoisotopic (exact) mass is 225 g/mol. The Labute approximate surface area is 95.2 Å². The van der Waals surface area contributed by atoms with Crippen molar-refractivity contribution in [1.29, 1.82) is 0 Å². The maximum atomic E-state index is 5.34. The number of thiol groups is 1. The molecule has 1 N–H and O–H groups in total. The molecule has 0 bridgehead atoms. The van der Waals surface area contributed by atoms with Gasteiger partial charge in [0.05, 0.1) is 0 Å². The van der Waals surface area contributed by atoms with Gasteiger partial charge in [-0.05, 0) is 36.9 Å². The Morgan fingerprint density at radius 1 is 1.40 bits per heavy atom. The van der Waals surface area contributed by atoms with E-state index < -0.39 is 0 Å². The molecule has 0 saturated heterocycles. The van der Waals surface area contributed by atoms with Crippen LogP contribution in [-0.4, -0.2) is 19.6 Å². The Morgan fingerprint density at radius 2 is 2.20 bits per heavy atom. The minimum Gasteiger partial charge on any atom is -0.454 e. The normalized spacial score (nSPS) is 15.3. The second kappa shape index (κ2) is 4.77. The fourth-order valence-corrected chi connectivity index (χ4v) is 1.99. The van der Waals surface area contributed by atoms with E-state index in [1.807, 2.05) is 19.2 Å². The standard InChI is InChI=1S/C11H15NO2S/c1-12-9(4-5-15)8-2-3-10-11(6-8)14-7-13-10/h2-3,6,9,12,15H,4-5,7H2,1H3. The van der Waals surface area contributed by atoms with Crippen LogP contribution in [0.25, 0.3) is 0 Å². The topological polar surface area (TPSA) is 30.5 Å². The van der Waals surface area contributed by atoms with E-state index in [0.717, 1.165) is 23.7 Å². The van der Waals surface area contributed by atoms with Gasteiger partial charge in [-0.25, -0.2) is 0 Å². The van der Waals surface area contributed by atoms with Crippen LogP contribution in [0.15, 0.2) is 18.2 Å². The highest BCUT2D eigenvalue weighted by Crippen LogP contribution is 2.34. The molecule has 4 heteroatoms. The van der Waals surface area contributed by atoms with E-state index in [2.05, 4.69) is 24.0 Å². The first-order valence-electron chi connectivity index (χ1n) is 5.03. The van der Waals surface area contributed by atoms with Gasteiger partial charge in [-0.1, -0.05) is 6.07 Å². The molecule has 82 valence electrons. The van der Waals surface area contributed by atoms with Crippen molar-refractivity contribution >= 4 is 12.6 Å². The zero-order valence-electron chi connectivity index (χ0n) is 8.69. The van der Waals surface area contributed by atoms with Gasteiger partial charge in [0.25, 0.3) is 0 Å². The van der Waals surface area contributed by atoms with E-state index in [1.54, 1.807) is 0 Å². The summed E-state index contributed by atoms with van der Waals surface area (Å²) >= 11 is 4.25. The molecule has 0 amide bonds. The maximum absolute atomic E-state index is 5.34. The third kappa shape index (κ3) is 2.21. The molecule has 0 radical (unpaired) electrons. The average Bonchev–Trinajstić information content (AvgIpc) is 2.72. The van der Waals surface area contributed by atoms with E-state index in [0.29, 0.717) is 12.8 Å². The molecule has 0 spiro atoms. The van der Waals surface area contributed by atoms with Crippen molar-refractivity contribution in [2.75, 3.05) is 19.6 Å². The lowest BCUT2D eigenvalue weighted by Crippen LogP contribution is -2.16. The summed E-state index contributed by atoms with van der Waals surface area (Å²) in [6.07, 6.45) is 0.999. The molecule has 0 fully saturated rings. The molecule has 1 unspecified atom stereocenters. The van der Waals surface area contributed by atoms with Crippen LogP contribution in [0, 0.1) is 0 Å². The summed E-state index contributed by atoms with van der Waals surface area (Å²) in [6, 6.07) is 6.39. The number of fused-ring (bicyclic) bond motifs is 1. The van der Waals surface area contributed by atoms with Gasteiger partial charge in [0, 0.05) is 6.04 Å². The SMILES string of the molecule is CNC(CCS)c1ccc2c(c1)OCO2. The smallest absolute Gasteiger partial charge is 0.231 e. The Balaban J connectivity index is 2.20. The third-order valence-electron chi connectivity index (χ3n) is 2.57. The molecule has 1 aromatic carbocycles. The predicted octanol–water partition coefficient (Wildman–Crippen LogP) is 2.00. The number of hydrogen-bond donors (Lipinski definition) is 2. The number of ether oxygens (including phenoxy) is 2. The molecule has 3 nitrogen and oxygen atoms in total. The van der Waals surface area contributed by atoms with Gasteiger partial charge in [0.2, 0.25) is 6.79 Å². The predicted molar refractivity (Wildman–Crippen MR) is 62.8 cm³/mol. The van der Waals surface area contributed by atoms with E-state index >= 15 is 0 Å². The molecular formula is C11H15NO2S. The molecule has 0 saturated carbocycles. The summed E-state index contributed by atoms with van der Waals surface area (Å²) < 4.78 is 10.6. The molecule has 0 aromatic heterocycles. The molecule has 1 aliphatic heterocycles. The van der Waals surface area contributed by atoms with E-state index in [-0.39, 0.29) is 0 Å². The molecule has 1 atom stereocenters. The lowest BCUT2D eigenvalue weighted by atomic mass is 10.0. The number of nitrogens with one attached hydrogen (secondary N) is 1. The van der Waals surface area contributed by atoms with Crippen LogP contribution < -0.4 is 14.8 Å². The van der Waals surface area contributed by atoms with Crippen molar-refractivity contribution in [3.63, 3.8) is 0 Å². The minimum atomic E-state index is 0.329. The summed E-state index contributed by atoms with van der Waals surface area (Å²) in [7, 11) is 1.96. The molecule has 2 rings (SSSR count). The Kier molecular flexibility index (Phi) is 3.38. The number of hydrogen-bond acceptors (Lipinski definition) is 4. The highest BCUT2D eigenvalue weighted by atomic mass is 32.1. The zero-order chi connectivity index (χ0) is 10.7. The van der Waals surface area contributed by atoms with Crippen molar-refractivity contribution in [2.24, 2.45) is 0 Å². The van der Waals surface area contributed by atoms with Crippen molar-refractivity contribution in [2.45, 2.75) is 12.5 Å². The van der Waals surface area contributed by atoms with Gasteiger partial charge in [0.15, 0.2) is 11.5 Å². The van der Waals surface area contributed by atoms with Crippen LogP contribution in [-0.2, 0) is 0 Å². The van der Waals surface area contributed by atoms with Crippen LogP contribution in [0.1, 0.15) is 18.0 Å². The lowest BCUT2D eigenvalue weighted by molar-refractivity contribution is 0.174. The van der Waals surface area contributed by atoms with Crippen molar-refractivity contribution in [1.82, 2.24) is 5.32 Å². The molecular weight excluding hydrogens is 210 g/mol. The molecule has 0 aliphatic carbocycles. The maximum Gasteiger partial charge on any atom is 0.231 e. The third-order valence-corrected chi connectivity index (χ3v) is 2.82. The Bertz CT molecular complexity index is 343. The molecule has 1 heterocycles. The van der Waals surface area contributed by atoms with Gasteiger partial charge in [-0.3, -0.25) is 0 Å². The number of rotatable bonds is 4. The first-order valence-corrected chi connectivity index (χ1v) is 5.66. The first-order chi connectivity index (χ1) is 7.35. The molecule has 1 aromatic rings. The lowest BCUT2D eigenvalue weighted by Gasteiger charge is -2.15. The average molecular weight is 225 g/mol. The fourth-order valence-electron chi connectivity index (χ4n) is 1.74. The largest absolute Gasteiger partial charge is 0.454 e. The first kappa shape index (κ1) is 10.6. The molecule has 15 heavy (non-hydrogen) atoms. The highest BCUT2D eigenvalue weighted by molar-refractivity contribution is 7.80. The summed E-state index contributed by atoms with van der Waals surface area (Å²) in [6.45, 7) is 0.329. The zero-order valence-corrected chi connectivity index (χ0v) is 9.59. The Morgan fingerprint density at radius 3 is 2.93 bits per heavy atom. The van der Waals surface area contributed by atoms with Crippen LogP contribution in [0.5, 0.6) is 11.5 Å². The van der Waals surface area contributed by atoms with Gasteiger partial charge >= 0.3 is 0 Å². The van der Waals surface area contributed by atoms with Crippen LogP contribution in [0.4, 0.5) is 0 Å². The van der Waals surface area contributed by atoms with Gasteiger partial charge in [-0.2, -0.15) is 12.6 Å². The van der Waals surface area contributed by atoms with E-state index in [4.69, 9.17) is 9.47 Å². The van der Waals surface area contributed by atoms with Gasteiger partial charge in [0.1, 0.15) is 0 Å². The van der Waals surface area contributed by atoms with Crippen molar-refractivity contribution in [3.05, 3.63) is 23.8 Å². The summed E-state index contributed by atoms with van der Waals surface area (Å²) in [5, 5.41) is 3.27. The summed E-state index contributed by atoms with van der Waals surface area (Å²) in [5.41, 5.74) is 1.22. The molecule has 1 aliphatic rings. The highest BCUT2D eigenvalue weighted by Gasteiger charge is 2.16.